The molecule has 2 aromatic heterocycles. The number of carbonyl (C=O) groups excluding carboxylic acids is 1. The molecule has 2 N–H and O–H groups in total. The van der Waals surface area contributed by atoms with Crippen molar-refractivity contribution in [1.29, 1.82) is 0 Å². The number of thiophene rings is 1. The average molecular weight is 756 g/mol. The van der Waals surface area contributed by atoms with Gasteiger partial charge in [-0.15, -0.1) is 11.3 Å². The van der Waals surface area contributed by atoms with Gasteiger partial charge in [0.1, 0.15) is 10.6 Å². The number of benzene rings is 2. The van der Waals surface area contributed by atoms with Crippen LogP contribution in [0.1, 0.15) is 34.4 Å². The molecule has 11 heteroatoms. The highest BCUT2D eigenvalue weighted by atomic mass is 127. The number of phenolic OH excluding ortho intramolecular Hbond substituents is 1. The van der Waals surface area contributed by atoms with E-state index in [0.717, 1.165) is 50.9 Å². The van der Waals surface area contributed by atoms with Crippen LogP contribution in [-0.2, 0) is 17.6 Å². The fourth-order valence-corrected chi connectivity index (χ4v) is 8.22. The van der Waals surface area contributed by atoms with E-state index in [1.54, 1.807) is 22.0 Å². The van der Waals surface area contributed by atoms with Crippen LogP contribution < -0.4 is 11.0 Å². The highest BCUT2D eigenvalue weighted by Crippen LogP contribution is 2.35. The summed E-state index contributed by atoms with van der Waals surface area (Å²) in [6.45, 7) is 2.00. The SMILES string of the molecule is Cc1ccc(-n2c(SCC(=O)N/N=C/c3cc(I)cc(I)c3O)nc3sc4c(c3c2=O)CCCC4)cc1. The standard InChI is InChI=1S/C26H22I2N4O3S2/c1-14-6-8-17(9-7-14)32-25(35)22-18-4-2-3-5-20(18)37-24(22)30-26(32)36-13-21(33)31-29-12-15-10-16(27)11-19(28)23(15)34/h6-12,34H,2-5,13H2,1H3,(H,31,33)/b29-12+. The van der Waals surface area contributed by atoms with E-state index in [4.69, 9.17) is 4.98 Å². The van der Waals surface area contributed by atoms with Crippen LogP contribution in [0.15, 0.2) is 51.5 Å². The maximum absolute atomic E-state index is 13.8. The topological polar surface area (TPSA) is 96.6 Å². The summed E-state index contributed by atoms with van der Waals surface area (Å²) in [4.78, 5) is 33.3. The number of aromatic hydroxyl groups is 1. The van der Waals surface area contributed by atoms with E-state index in [-0.39, 0.29) is 23.0 Å². The molecule has 1 aliphatic rings. The number of nitrogens with zero attached hydrogens (tertiary/aromatic N) is 3. The van der Waals surface area contributed by atoms with Gasteiger partial charge in [0.15, 0.2) is 5.16 Å². The first-order chi connectivity index (χ1) is 17.8. The van der Waals surface area contributed by atoms with E-state index in [9.17, 15) is 14.7 Å². The number of nitrogens with one attached hydrogen (secondary N) is 1. The molecule has 37 heavy (non-hydrogen) atoms. The number of thioether (sulfide) groups is 1. The second kappa shape index (κ2) is 11.4. The maximum atomic E-state index is 13.8. The maximum Gasteiger partial charge on any atom is 0.267 e. The summed E-state index contributed by atoms with van der Waals surface area (Å²) in [5.41, 5.74) is 5.91. The van der Waals surface area contributed by atoms with Gasteiger partial charge in [-0.2, -0.15) is 5.10 Å². The second-order valence-corrected chi connectivity index (χ2v) is 13.1. The summed E-state index contributed by atoms with van der Waals surface area (Å²) in [5.74, 6) is -0.190. The first-order valence-corrected chi connectivity index (χ1v) is 15.5. The zero-order valence-electron chi connectivity index (χ0n) is 19.8. The lowest BCUT2D eigenvalue weighted by atomic mass is 9.97. The largest absolute Gasteiger partial charge is 0.506 e. The quantitative estimate of drug-likeness (QED) is 0.0855. The smallest absolute Gasteiger partial charge is 0.267 e. The van der Waals surface area contributed by atoms with Gasteiger partial charge in [0.05, 0.1) is 26.6 Å². The fourth-order valence-electron chi connectivity index (χ4n) is 4.23. The van der Waals surface area contributed by atoms with E-state index >= 15 is 0 Å². The number of hydrogen-bond acceptors (Lipinski definition) is 7. The van der Waals surface area contributed by atoms with Crippen molar-refractivity contribution in [3.8, 4) is 11.4 Å². The molecular formula is C26H22I2N4O3S2. The molecule has 0 saturated carbocycles. The minimum absolute atomic E-state index is 0.0298. The van der Waals surface area contributed by atoms with Gasteiger partial charge < -0.3 is 5.11 Å². The number of amides is 1. The first-order valence-electron chi connectivity index (χ1n) is 11.6. The van der Waals surface area contributed by atoms with Gasteiger partial charge in [-0.25, -0.2) is 10.4 Å². The summed E-state index contributed by atoms with van der Waals surface area (Å²) >= 11 is 7.01. The lowest BCUT2D eigenvalue weighted by molar-refractivity contribution is -0.118. The summed E-state index contributed by atoms with van der Waals surface area (Å²) < 4.78 is 3.28. The minimum Gasteiger partial charge on any atom is -0.506 e. The van der Waals surface area contributed by atoms with E-state index in [1.165, 1.54) is 22.9 Å². The summed E-state index contributed by atoms with van der Waals surface area (Å²) in [7, 11) is 0. The van der Waals surface area contributed by atoms with E-state index in [0.29, 0.717) is 19.7 Å². The van der Waals surface area contributed by atoms with Crippen LogP contribution in [0.2, 0.25) is 0 Å². The van der Waals surface area contributed by atoms with Gasteiger partial charge >= 0.3 is 0 Å². The van der Waals surface area contributed by atoms with Crippen molar-refractivity contribution >= 4 is 90.6 Å². The predicted octanol–water partition coefficient (Wildman–Crippen LogP) is 5.79. The van der Waals surface area contributed by atoms with Gasteiger partial charge in [0.2, 0.25) is 0 Å². The Labute approximate surface area is 249 Å². The Morgan fingerprint density at radius 2 is 2.00 bits per heavy atom. The van der Waals surface area contributed by atoms with Crippen LogP contribution in [-0.4, -0.2) is 32.5 Å². The lowest BCUT2D eigenvalue weighted by Gasteiger charge is -2.13. The third-order valence-corrected chi connectivity index (χ3v) is 9.60. The fraction of sp³-hybridized carbons (Fsp3) is 0.231. The Hall–Kier alpha value is -1.97. The second-order valence-electron chi connectivity index (χ2n) is 8.67. The molecule has 0 spiro atoms. The molecule has 2 heterocycles. The van der Waals surface area contributed by atoms with Crippen molar-refractivity contribution < 1.29 is 9.90 Å². The van der Waals surface area contributed by atoms with Crippen molar-refractivity contribution in [2.24, 2.45) is 5.10 Å². The molecule has 7 nitrogen and oxygen atoms in total. The van der Waals surface area contributed by atoms with Crippen LogP contribution in [0.5, 0.6) is 5.75 Å². The zero-order chi connectivity index (χ0) is 26.1. The minimum atomic E-state index is -0.337. The van der Waals surface area contributed by atoms with Gasteiger partial charge in [0.25, 0.3) is 11.5 Å². The van der Waals surface area contributed by atoms with Gasteiger partial charge in [-0.1, -0.05) is 29.5 Å². The Morgan fingerprint density at radius 3 is 2.78 bits per heavy atom. The molecule has 5 rings (SSSR count). The van der Waals surface area contributed by atoms with Gasteiger partial charge in [0, 0.05) is 14.0 Å². The Kier molecular flexibility index (Phi) is 8.22. The third kappa shape index (κ3) is 5.73. The van der Waals surface area contributed by atoms with Crippen molar-refractivity contribution in [2.75, 3.05) is 5.75 Å². The summed E-state index contributed by atoms with van der Waals surface area (Å²) in [5, 5.41) is 15.4. The third-order valence-electron chi connectivity index (χ3n) is 6.03. The molecule has 4 aromatic rings. The number of aromatic nitrogens is 2. The lowest BCUT2D eigenvalue weighted by Crippen LogP contribution is -2.24. The highest BCUT2D eigenvalue weighted by Gasteiger charge is 2.23. The molecular weight excluding hydrogens is 734 g/mol. The molecule has 0 saturated heterocycles. The number of hydrazone groups is 1. The summed E-state index contributed by atoms with van der Waals surface area (Å²) in [6, 6.07) is 11.4. The molecule has 0 radical (unpaired) electrons. The number of fused-ring (bicyclic) bond motifs is 3. The Balaban J connectivity index is 1.42. The predicted molar refractivity (Wildman–Crippen MR) is 167 cm³/mol. The number of carbonyl (C=O) groups is 1. The average Bonchev–Trinajstić information content (AvgIpc) is 3.25. The number of hydrogen-bond donors (Lipinski definition) is 2. The van der Waals surface area contributed by atoms with Crippen LogP contribution in [0.25, 0.3) is 15.9 Å². The van der Waals surface area contributed by atoms with Crippen LogP contribution in [0.4, 0.5) is 0 Å². The Morgan fingerprint density at radius 1 is 1.24 bits per heavy atom. The van der Waals surface area contributed by atoms with Crippen LogP contribution >= 0.6 is 68.3 Å². The molecule has 1 amide bonds. The number of rotatable bonds is 6. The molecule has 0 bridgehead atoms. The van der Waals surface area contributed by atoms with Crippen molar-refractivity contribution in [1.82, 2.24) is 15.0 Å². The van der Waals surface area contributed by atoms with Crippen molar-refractivity contribution in [3.63, 3.8) is 0 Å². The normalized spacial score (nSPS) is 13.3. The van der Waals surface area contributed by atoms with Crippen LogP contribution in [0.3, 0.4) is 0 Å². The Bertz CT molecular complexity index is 1600. The van der Waals surface area contributed by atoms with Crippen LogP contribution in [0, 0.1) is 14.1 Å². The number of halogens is 2. The molecule has 2 aromatic carbocycles. The number of phenols is 1. The molecule has 190 valence electrons. The zero-order valence-corrected chi connectivity index (χ0v) is 25.7. The van der Waals surface area contributed by atoms with Crippen molar-refractivity contribution in [2.45, 2.75) is 37.8 Å². The molecule has 0 fully saturated rings. The molecule has 0 aliphatic heterocycles. The molecule has 0 unspecified atom stereocenters. The van der Waals surface area contributed by atoms with E-state index < -0.39 is 0 Å². The van der Waals surface area contributed by atoms with Gasteiger partial charge in [-0.3, -0.25) is 14.2 Å². The highest BCUT2D eigenvalue weighted by molar-refractivity contribution is 14.1. The molecule has 0 atom stereocenters. The van der Waals surface area contributed by atoms with E-state index in [1.807, 2.05) is 59.8 Å². The summed E-state index contributed by atoms with van der Waals surface area (Å²) in [6.07, 6.45) is 5.53. The van der Waals surface area contributed by atoms with Crippen molar-refractivity contribution in [3.05, 3.63) is 75.5 Å². The molecule has 1 aliphatic carbocycles. The number of aryl methyl sites for hydroxylation is 3. The van der Waals surface area contributed by atoms with E-state index in [2.05, 4.69) is 33.1 Å². The monoisotopic (exact) mass is 756 g/mol. The van der Waals surface area contributed by atoms with Gasteiger partial charge in [-0.05, 0) is 108 Å². The first kappa shape index (κ1) is 26.6.